The van der Waals surface area contributed by atoms with E-state index in [-0.39, 0.29) is 17.2 Å². The second-order valence-corrected chi connectivity index (χ2v) is 5.47. The van der Waals surface area contributed by atoms with Crippen LogP contribution < -0.4 is 4.74 Å². The van der Waals surface area contributed by atoms with Crippen molar-refractivity contribution in [2.24, 2.45) is 0 Å². The van der Waals surface area contributed by atoms with Gasteiger partial charge in [0.25, 0.3) is 5.91 Å². The average Bonchev–Trinajstić information content (AvgIpc) is 2.61. The Hall–Kier alpha value is -2.95. The Bertz CT molecular complexity index is 890. The number of nitrogens with zero attached hydrogens (tertiary/aromatic N) is 2. The van der Waals surface area contributed by atoms with Gasteiger partial charge in [0.15, 0.2) is 11.6 Å². The molecule has 0 unspecified atom stereocenters. The fourth-order valence-electron chi connectivity index (χ4n) is 2.72. The van der Waals surface area contributed by atoms with Gasteiger partial charge in [0.05, 0.1) is 18.2 Å². The predicted octanol–water partition coefficient (Wildman–Crippen LogP) is 3.65. The number of halogens is 1. The van der Waals surface area contributed by atoms with E-state index in [9.17, 15) is 9.18 Å². The van der Waals surface area contributed by atoms with Crippen LogP contribution in [0.4, 0.5) is 4.39 Å². The fourth-order valence-corrected chi connectivity index (χ4v) is 2.72. The van der Waals surface area contributed by atoms with Gasteiger partial charge in [0.1, 0.15) is 0 Å². The van der Waals surface area contributed by atoms with Gasteiger partial charge >= 0.3 is 0 Å². The number of carbonyl (C=O) groups excluding carboxylic acids is 1. The zero-order valence-electron chi connectivity index (χ0n) is 13.5. The van der Waals surface area contributed by atoms with E-state index in [2.05, 4.69) is 4.98 Å². The molecule has 0 saturated carbocycles. The summed E-state index contributed by atoms with van der Waals surface area (Å²) in [5.41, 5.74) is 2.06. The van der Waals surface area contributed by atoms with Crippen molar-refractivity contribution in [2.75, 3.05) is 14.2 Å². The third-order valence-corrected chi connectivity index (χ3v) is 3.89. The zero-order valence-corrected chi connectivity index (χ0v) is 13.5. The molecule has 0 N–H and O–H groups in total. The molecule has 0 bridgehead atoms. The summed E-state index contributed by atoms with van der Waals surface area (Å²) < 4.78 is 18.8. The standard InChI is InChI=1S/C19H17FN2O2/c1-22(19(23)15-7-4-9-16(20)18(15)24-2)12-13-6-3-10-17-14(13)8-5-11-21-17/h3-11H,12H2,1-2H3. The van der Waals surface area contributed by atoms with Crippen LogP contribution in [-0.4, -0.2) is 29.9 Å². The predicted molar refractivity (Wildman–Crippen MR) is 90.5 cm³/mol. The lowest BCUT2D eigenvalue weighted by Gasteiger charge is -2.19. The van der Waals surface area contributed by atoms with Gasteiger partial charge in [-0.15, -0.1) is 0 Å². The third-order valence-electron chi connectivity index (χ3n) is 3.89. The third kappa shape index (κ3) is 2.93. The zero-order chi connectivity index (χ0) is 17.1. The monoisotopic (exact) mass is 324 g/mol. The molecule has 0 radical (unpaired) electrons. The summed E-state index contributed by atoms with van der Waals surface area (Å²) in [6.45, 7) is 0.390. The number of ether oxygens (including phenoxy) is 1. The van der Waals surface area contributed by atoms with E-state index in [1.54, 1.807) is 24.2 Å². The van der Waals surface area contributed by atoms with Gasteiger partial charge in [-0.05, 0) is 29.8 Å². The topological polar surface area (TPSA) is 42.4 Å². The van der Waals surface area contributed by atoms with Crippen molar-refractivity contribution >= 4 is 16.8 Å². The second-order valence-electron chi connectivity index (χ2n) is 5.47. The Labute approximate surface area is 139 Å². The quantitative estimate of drug-likeness (QED) is 0.735. The van der Waals surface area contributed by atoms with Crippen LogP contribution in [0.15, 0.2) is 54.7 Å². The molecule has 3 rings (SSSR count). The van der Waals surface area contributed by atoms with Crippen molar-refractivity contribution < 1.29 is 13.9 Å². The lowest BCUT2D eigenvalue weighted by atomic mass is 10.1. The van der Waals surface area contributed by atoms with E-state index in [0.717, 1.165) is 16.5 Å². The van der Waals surface area contributed by atoms with Gasteiger partial charge in [-0.2, -0.15) is 0 Å². The van der Waals surface area contributed by atoms with Crippen molar-refractivity contribution in [3.05, 3.63) is 71.7 Å². The number of amides is 1. The first kappa shape index (κ1) is 15.9. The molecule has 5 heteroatoms. The molecule has 3 aromatic rings. The molecular weight excluding hydrogens is 307 g/mol. The minimum atomic E-state index is -0.550. The molecule has 2 aromatic carbocycles. The molecule has 0 aliphatic rings. The average molecular weight is 324 g/mol. The number of hydrogen-bond donors (Lipinski definition) is 0. The molecule has 122 valence electrons. The van der Waals surface area contributed by atoms with Crippen molar-refractivity contribution in [1.29, 1.82) is 0 Å². The van der Waals surface area contributed by atoms with Crippen LogP contribution in [0, 0.1) is 5.82 Å². The summed E-state index contributed by atoms with van der Waals surface area (Å²) in [4.78, 5) is 18.5. The molecule has 4 nitrogen and oxygen atoms in total. The molecule has 1 aromatic heterocycles. The van der Waals surface area contributed by atoms with Crippen molar-refractivity contribution in [1.82, 2.24) is 9.88 Å². The summed E-state index contributed by atoms with van der Waals surface area (Å²) >= 11 is 0. The lowest BCUT2D eigenvalue weighted by molar-refractivity contribution is 0.0781. The summed E-state index contributed by atoms with van der Waals surface area (Å²) in [5, 5.41) is 0.992. The van der Waals surface area contributed by atoms with Gasteiger partial charge in [0, 0.05) is 25.2 Å². The van der Waals surface area contributed by atoms with Crippen molar-refractivity contribution in [2.45, 2.75) is 6.54 Å². The molecule has 0 aliphatic carbocycles. The number of para-hydroxylation sites is 1. The van der Waals surface area contributed by atoms with E-state index in [0.29, 0.717) is 6.54 Å². The first-order valence-corrected chi connectivity index (χ1v) is 7.52. The van der Waals surface area contributed by atoms with Gasteiger partial charge in [-0.1, -0.05) is 24.3 Å². The van der Waals surface area contributed by atoms with Crippen LogP contribution in [0.25, 0.3) is 10.9 Å². The molecule has 0 atom stereocenters. The molecule has 0 fully saturated rings. The van der Waals surface area contributed by atoms with Crippen LogP contribution in [-0.2, 0) is 6.54 Å². The number of hydrogen-bond acceptors (Lipinski definition) is 3. The highest BCUT2D eigenvalue weighted by atomic mass is 19.1. The molecule has 0 aliphatic heterocycles. The maximum Gasteiger partial charge on any atom is 0.257 e. The maximum absolute atomic E-state index is 13.8. The van der Waals surface area contributed by atoms with Crippen molar-refractivity contribution in [3.8, 4) is 5.75 Å². The van der Waals surface area contributed by atoms with E-state index in [4.69, 9.17) is 4.74 Å². The highest BCUT2D eigenvalue weighted by molar-refractivity contribution is 5.97. The fraction of sp³-hybridized carbons (Fsp3) is 0.158. The number of rotatable bonds is 4. The van der Waals surface area contributed by atoms with Crippen LogP contribution in [0.2, 0.25) is 0 Å². The number of carbonyl (C=O) groups is 1. The number of fused-ring (bicyclic) bond motifs is 1. The Morgan fingerprint density at radius 3 is 2.75 bits per heavy atom. The normalized spacial score (nSPS) is 10.6. The largest absolute Gasteiger partial charge is 0.493 e. The lowest BCUT2D eigenvalue weighted by Crippen LogP contribution is -2.27. The van der Waals surface area contributed by atoms with Gasteiger partial charge in [-0.25, -0.2) is 4.39 Å². The van der Waals surface area contributed by atoms with E-state index in [1.807, 2.05) is 30.3 Å². The van der Waals surface area contributed by atoms with E-state index in [1.165, 1.54) is 19.2 Å². The molecule has 0 saturated heterocycles. The minimum absolute atomic E-state index is 0.0334. The Morgan fingerprint density at radius 1 is 1.17 bits per heavy atom. The van der Waals surface area contributed by atoms with Crippen molar-refractivity contribution in [3.63, 3.8) is 0 Å². The van der Waals surface area contributed by atoms with E-state index < -0.39 is 5.82 Å². The smallest absolute Gasteiger partial charge is 0.257 e. The highest BCUT2D eigenvalue weighted by Gasteiger charge is 2.19. The second kappa shape index (κ2) is 6.66. The van der Waals surface area contributed by atoms with Gasteiger partial charge in [0.2, 0.25) is 0 Å². The number of benzene rings is 2. The summed E-state index contributed by atoms with van der Waals surface area (Å²) in [5.74, 6) is -0.882. The minimum Gasteiger partial charge on any atom is -0.493 e. The first-order chi connectivity index (χ1) is 11.6. The van der Waals surface area contributed by atoms with Crippen LogP contribution in [0.5, 0.6) is 5.75 Å². The Balaban J connectivity index is 1.91. The number of pyridine rings is 1. The van der Waals surface area contributed by atoms with Crippen LogP contribution >= 0.6 is 0 Å². The Morgan fingerprint density at radius 2 is 1.96 bits per heavy atom. The highest BCUT2D eigenvalue weighted by Crippen LogP contribution is 2.24. The maximum atomic E-state index is 13.8. The summed E-state index contributed by atoms with van der Waals surface area (Å²) in [6.07, 6.45) is 1.73. The number of aromatic nitrogens is 1. The van der Waals surface area contributed by atoms with Gasteiger partial charge < -0.3 is 9.64 Å². The number of methoxy groups -OCH3 is 1. The summed E-state index contributed by atoms with van der Waals surface area (Å²) in [7, 11) is 3.04. The summed E-state index contributed by atoms with van der Waals surface area (Å²) in [6, 6.07) is 14.0. The molecule has 1 amide bonds. The van der Waals surface area contributed by atoms with Gasteiger partial charge in [-0.3, -0.25) is 9.78 Å². The first-order valence-electron chi connectivity index (χ1n) is 7.52. The molecular formula is C19H17FN2O2. The molecule has 24 heavy (non-hydrogen) atoms. The molecule has 0 spiro atoms. The molecule has 1 heterocycles. The SMILES string of the molecule is COc1c(F)cccc1C(=O)N(C)Cc1cccc2ncccc12. The van der Waals surface area contributed by atoms with Crippen LogP contribution in [0.1, 0.15) is 15.9 Å². The van der Waals surface area contributed by atoms with Crippen LogP contribution in [0.3, 0.4) is 0 Å². The Kier molecular flexibility index (Phi) is 4.42. The van der Waals surface area contributed by atoms with E-state index >= 15 is 0 Å².